The van der Waals surface area contributed by atoms with Gasteiger partial charge in [-0.15, -0.1) is 0 Å². The van der Waals surface area contributed by atoms with Gasteiger partial charge in [0.2, 0.25) is 5.91 Å². The molecule has 8 heteroatoms. The smallest absolute Gasteiger partial charge is 0.411 e. The molecule has 0 spiro atoms. The highest BCUT2D eigenvalue weighted by Gasteiger charge is 2.18. The number of rotatable bonds is 3. The third-order valence-electron chi connectivity index (χ3n) is 2.72. The minimum absolute atomic E-state index is 0.212. The summed E-state index contributed by atoms with van der Waals surface area (Å²) in [6, 6.07) is 6.58. The maximum absolute atomic E-state index is 12.0. The number of methoxy groups -OCH3 is 1. The van der Waals surface area contributed by atoms with Gasteiger partial charge in [-0.05, 0) is 18.2 Å². The maximum Gasteiger partial charge on any atom is 0.411 e. The van der Waals surface area contributed by atoms with E-state index in [9.17, 15) is 14.4 Å². The van der Waals surface area contributed by atoms with E-state index in [0.717, 1.165) is 0 Å². The fraction of sp³-hybridized carbons (Fsp3) is 0.231. The molecule has 0 radical (unpaired) electrons. The molecule has 110 valence electrons. The Bertz CT molecular complexity index is 612. The van der Waals surface area contributed by atoms with E-state index in [0.29, 0.717) is 11.4 Å². The molecule has 1 aliphatic heterocycles. The number of anilines is 2. The Morgan fingerprint density at radius 2 is 1.95 bits per heavy atom. The third kappa shape index (κ3) is 4.03. The number of amides is 3. The minimum atomic E-state index is -0.599. The van der Waals surface area contributed by atoms with Crippen LogP contribution in [-0.4, -0.2) is 30.7 Å². The van der Waals surface area contributed by atoms with Crippen LogP contribution in [0.3, 0.4) is 0 Å². The van der Waals surface area contributed by atoms with Crippen LogP contribution in [0.5, 0.6) is 0 Å². The van der Waals surface area contributed by atoms with E-state index in [2.05, 4.69) is 25.9 Å². The van der Waals surface area contributed by atoms with E-state index in [1.165, 1.54) is 7.11 Å². The van der Waals surface area contributed by atoms with Crippen molar-refractivity contribution in [3.8, 4) is 0 Å². The van der Waals surface area contributed by atoms with Gasteiger partial charge in [-0.2, -0.15) is 5.10 Å². The van der Waals surface area contributed by atoms with Crippen LogP contribution >= 0.6 is 0 Å². The van der Waals surface area contributed by atoms with Crippen LogP contribution in [0.1, 0.15) is 12.8 Å². The second kappa shape index (κ2) is 6.51. The summed E-state index contributed by atoms with van der Waals surface area (Å²) >= 11 is 0. The number of nitrogens with zero attached hydrogens (tertiary/aromatic N) is 1. The Balaban J connectivity index is 2.02. The van der Waals surface area contributed by atoms with Gasteiger partial charge in [0.15, 0.2) is 0 Å². The van der Waals surface area contributed by atoms with Gasteiger partial charge in [-0.25, -0.2) is 10.2 Å². The molecule has 0 bridgehead atoms. The number of nitrogens with one attached hydrogen (secondary N) is 3. The lowest BCUT2D eigenvalue weighted by Gasteiger charge is -2.12. The molecule has 0 aromatic heterocycles. The van der Waals surface area contributed by atoms with Crippen LogP contribution in [-0.2, 0) is 14.3 Å². The number of carbonyl (C=O) groups excluding carboxylic acids is 3. The Kier molecular flexibility index (Phi) is 4.50. The molecule has 1 aromatic carbocycles. The molecule has 21 heavy (non-hydrogen) atoms. The number of hydrogen-bond acceptors (Lipinski definition) is 5. The van der Waals surface area contributed by atoms with Crippen molar-refractivity contribution in [2.45, 2.75) is 12.8 Å². The van der Waals surface area contributed by atoms with Crippen LogP contribution in [0.2, 0.25) is 0 Å². The van der Waals surface area contributed by atoms with Crippen LogP contribution < -0.4 is 16.1 Å². The van der Waals surface area contributed by atoms with Gasteiger partial charge in [-0.1, -0.05) is 6.07 Å². The zero-order valence-corrected chi connectivity index (χ0v) is 11.3. The summed E-state index contributed by atoms with van der Waals surface area (Å²) in [7, 11) is 1.26. The van der Waals surface area contributed by atoms with Crippen molar-refractivity contribution in [2.24, 2.45) is 5.10 Å². The van der Waals surface area contributed by atoms with Crippen molar-refractivity contribution in [1.82, 2.24) is 5.43 Å². The summed E-state index contributed by atoms with van der Waals surface area (Å²) in [5, 5.41) is 8.84. The molecule has 3 amide bonds. The Labute approximate surface area is 120 Å². The SMILES string of the molecule is COC(=O)Nc1cccc(NC(=O)C2=NNC(=O)CC2)c1. The zero-order chi connectivity index (χ0) is 15.2. The standard InChI is InChI=1S/C13H14N4O4/c1-21-13(20)15-9-4-2-3-8(7-9)14-12(19)10-5-6-11(18)17-16-10/h2-4,7H,5-6H2,1H3,(H,14,19)(H,15,20)(H,17,18). The van der Waals surface area contributed by atoms with Gasteiger partial charge in [0.25, 0.3) is 5.91 Å². The quantitative estimate of drug-likeness (QED) is 0.773. The first-order chi connectivity index (χ1) is 10.1. The van der Waals surface area contributed by atoms with Crippen molar-refractivity contribution >= 4 is 35.0 Å². The molecule has 0 unspecified atom stereocenters. The summed E-state index contributed by atoms with van der Waals surface area (Å²) in [4.78, 5) is 34.0. The molecule has 2 rings (SSSR count). The first-order valence-corrected chi connectivity index (χ1v) is 6.20. The zero-order valence-electron chi connectivity index (χ0n) is 11.3. The monoisotopic (exact) mass is 290 g/mol. The van der Waals surface area contributed by atoms with E-state index in [1.54, 1.807) is 24.3 Å². The average molecular weight is 290 g/mol. The Morgan fingerprint density at radius 3 is 2.57 bits per heavy atom. The topological polar surface area (TPSA) is 109 Å². The molecule has 0 atom stereocenters. The van der Waals surface area contributed by atoms with Crippen LogP contribution in [0, 0.1) is 0 Å². The Morgan fingerprint density at radius 1 is 1.24 bits per heavy atom. The third-order valence-corrected chi connectivity index (χ3v) is 2.72. The minimum Gasteiger partial charge on any atom is -0.453 e. The highest BCUT2D eigenvalue weighted by molar-refractivity contribution is 6.43. The van der Waals surface area contributed by atoms with Crippen LogP contribution in [0.15, 0.2) is 29.4 Å². The fourth-order valence-corrected chi connectivity index (χ4v) is 1.68. The predicted octanol–water partition coefficient (Wildman–Crippen LogP) is 1.07. The molecule has 0 saturated carbocycles. The largest absolute Gasteiger partial charge is 0.453 e. The lowest BCUT2D eigenvalue weighted by atomic mass is 10.1. The van der Waals surface area contributed by atoms with E-state index < -0.39 is 12.0 Å². The summed E-state index contributed by atoms with van der Waals surface area (Å²) in [5.74, 6) is -0.610. The molecule has 0 aliphatic carbocycles. The highest BCUT2D eigenvalue weighted by Crippen LogP contribution is 2.15. The van der Waals surface area contributed by atoms with Crippen molar-refractivity contribution in [2.75, 3.05) is 17.7 Å². The first-order valence-electron chi connectivity index (χ1n) is 6.20. The van der Waals surface area contributed by atoms with Crippen molar-refractivity contribution in [3.05, 3.63) is 24.3 Å². The van der Waals surface area contributed by atoms with Crippen molar-refractivity contribution in [1.29, 1.82) is 0 Å². The lowest BCUT2D eigenvalue weighted by Crippen LogP contribution is -2.32. The van der Waals surface area contributed by atoms with Gasteiger partial charge in [-0.3, -0.25) is 14.9 Å². The fourth-order valence-electron chi connectivity index (χ4n) is 1.68. The molecule has 0 fully saturated rings. The maximum atomic E-state index is 12.0. The molecule has 0 saturated heterocycles. The summed E-state index contributed by atoms with van der Waals surface area (Å²) in [6.45, 7) is 0. The Hall–Kier alpha value is -2.90. The average Bonchev–Trinajstić information content (AvgIpc) is 2.48. The summed E-state index contributed by atoms with van der Waals surface area (Å²) < 4.78 is 4.48. The molecular formula is C13H14N4O4. The molecule has 1 aliphatic rings. The first kappa shape index (κ1) is 14.5. The van der Waals surface area contributed by atoms with Gasteiger partial charge in [0.05, 0.1) is 7.11 Å². The van der Waals surface area contributed by atoms with E-state index in [-0.39, 0.29) is 24.5 Å². The van der Waals surface area contributed by atoms with Crippen molar-refractivity contribution in [3.63, 3.8) is 0 Å². The molecule has 1 heterocycles. The van der Waals surface area contributed by atoms with Gasteiger partial charge in [0.1, 0.15) is 5.71 Å². The molecule has 3 N–H and O–H groups in total. The second-order valence-electron chi connectivity index (χ2n) is 4.24. The van der Waals surface area contributed by atoms with Crippen molar-refractivity contribution < 1.29 is 19.1 Å². The summed E-state index contributed by atoms with van der Waals surface area (Å²) in [5.41, 5.74) is 3.49. The van der Waals surface area contributed by atoms with Crippen LogP contribution in [0.25, 0.3) is 0 Å². The molecule has 8 nitrogen and oxygen atoms in total. The number of carbonyl (C=O) groups is 3. The number of hydrogen-bond donors (Lipinski definition) is 3. The van der Waals surface area contributed by atoms with E-state index in [1.807, 2.05) is 0 Å². The van der Waals surface area contributed by atoms with Gasteiger partial charge < -0.3 is 10.1 Å². The van der Waals surface area contributed by atoms with Gasteiger partial charge >= 0.3 is 6.09 Å². The number of benzene rings is 1. The molecular weight excluding hydrogens is 276 g/mol. The van der Waals surface area contributed by atoms with Gasteiger partial charge in [0, 0.05) is 24.2 Å². The lowest BCUT2D eigenvalue weighted by molar-refractivity contribution is -0.121. The van der Waals surface area contributed by atoms with Crippen LogP contribution in [0.4, 0.5) is 16.2 Å². The molecule has 1 aromatic rings. The summed E-state index contributed by atoms with van der Waals surface area (Å²) in [6.07, 6.45) is -0.0774. The highest BCUT2D eigenvalue weighted by atomic mass is 16.5. The van der Waals surface area contributed by atoms with E-state index >= 15 is 0 Å². The number of ether oxygens (including phenoxy) is 1. The van der Waals surface area contributed by atoms with E-state index in [4.69, 9.17) is 0 Å². The normalized spacial score (nSPS) is 13.8. The predicted molar refractivity (Wildman–Crippen MR) is 75.9 cm³/mol. The number of hydrazone groups is 1. The second-order valence-corrected chi connectivity index (χ2v) is 4.24.